The smallest absolute Gasteiger partial charge is 0.269 e. The number of non-ortho nitro benzene ring substituents is 1. The van der Waals surface area contributed by atoms with Crippen molar-refractivity contribution in [3.8, 4) is 5.75 Å². The minimum absolute atomic E-state index is 0.149. The standard InChI is InChI=1S/C15H17N3O8S/c1-15(2,8-19)27(24,25)14-12(13(21)17-14)16-11(20)7-26-10-5-3-9(4-6-10)18(22)23/h3-6,8,12,14H,7H2,1-2H3,(H,16,20)(H,17,21). The number of hydrogen-bond acceptors (Lipinski definition) is 8. The molecule has 0 saturated carbocycles. The Kier molecular flexibility index (Phi) is 5.49. The second kappa shape index (κ2) is 7.31. The molecule has 0 radical (unpaired) electrons. The molecule has 2 unspecified atom stereocenters. The molecule has 0 spiro atoms. The lowest BCUT2D eigenvalue weighted by atomic mass is 10.1. The lowest BCUT2D eigenvalue weighted by Crippen LogP contribution is -2.73. The van der Waals surface area contributed by atoms with Crippen molar-refractivity contribution in [2.75, 3.05) is 6.61 Å². The second-order valence-electron chi connectivity index (χ2n) is 6.28. The second-order valence-corrected chi connectivity index (χ2v) is 8.93. The first-order valence-electron chi connectivity index (χ1n) is 7.66. The number of benzene rings is 1. The van der Waals surface area contributed by atoms with Crippen molar-refractivity contribution >= 4 is 33.6 Å². The van der Waals surface area contributed by atoms with Crippen molar-refractivity contribution in [3.63, 3.8) is 0 Å². The van der Waals surface area contributed by atoms with E-state index >= 15 is 0 Å². The van der Waals surface area contributed by atoms with Gasteiger partial charge in [-0.15, -0.1) is 0 Å². The van der Waals surface area contributed by atoms with Crippen LogP contribution in [0.1, 0.15) is 13.8 Å². The van der Waals surface area contributed by atoms with E-state index in [1.807, 2.05) is 0 Å². The van der Waals surface area contributed by atoms with E-state index in [0.717, 1.165) is 0 Å². The minimum atomic E-state index is -4.08. The van der Waals surface area contributed by atoms with Crippen LogP contribution in [0, 0.1) is 10.1 Å². The average Bonchev–Trinajstić information content (AvgIpc) is 2.62. The number of nitro benzene ring substituents is 1. The third-order valence-electron chi connectivity index (χ3n) is 3.96. The molecule has 2 N–H and O–H groups in total. The van der Waals surface area contributed by atoms with Crippen molar-refractivity contribution in [2.45, 2.75) is 30.0 Å². The summed E-state index contributed by atoms with van der Waals surface area (Å²) in [7, 11) is -4.08. The van der Waals surface area contributed by atoms with Crippen LogP contribution in [0.15, 0.2) is 24.3 Å². The number of sulfone groups is 1. The molecule has 1 heterocycles. The van der Waals surface area contributed by atoms with Gasteiger partial charge in [-0.05, 0) is 26.0 Å². The first-order valence-corrected chi connectivity index (χ1v) is 9.21. The van der Waals surface area contributed by atoms with Gasteiger partial charge in [0.1, 0.15) is 22.8 Å². The fourth-order valence-electron chi connectivity index (χ4n) is 2.17. The largest absolute Gasteiger partial charge is 0.484 e. The van der Waals surface area contributed by atoms with Crippen LogP contribution in [0.3, 0.4) is 0 Å². The summed E-state index contributed by atoms with van der Waals surface area (Å²) in [5.74, 6) is -1.29. The molecule has 27 heavy (non-hydrogen) atoms. The summed E-state index contributed by atoms with van der Waals surface area (Å²) < 4.78 is 28.2. The molecule has 1 aliphatic heterocycles. The average molecular weight is 399 g/mol. The fourth-order valence-corrected chi connectivity index (χ4v) is 3.78. The van der Waals surface area contributed by atoms with Crippen LogP contribution in [0.2, 0.25) is 0 Å². The van der Waals surface area contributed by atoms with Gasteiger partial charge in [0.25, 0.3) is 11.6 Å². The van der Waals surface area contributed by atoms with Crippen molar-refractivity contribution in [1.82, 2.24) is 10.6 Å². The van der Waals surface area contributed by atoms with Crippen LogP contribution in [0.25, 0.3) is 0 Å². The van der Waals surface area contributed by atoms with Crippen molar-refractivity contribution < 1.29 is 32.5 Å². The number of amides is 2. The van der Waals surface area contributed by atoms with Crippen LogP contribution < -0.4 is 15.4 Å². The molecule has 0 bridgehead atoms. The normalized spacial score (nSPS) is 19.4. The lowest BCUT2D eigenvalue weighted by Gasteiger charge is -2.39. The molecule has 2 rings (SSSR count). The maximum absolute atomic E-state index is 12.4. The van der Waals surface area contributed by atoms with Crippen molar-refractivity contribution in [1.29, 1.82) is 0 Å². The zero-order valence-corrected chi connectivity index (χ0v) is 15.2. The van der Waals surface area contributed by atoms with E-state index < -0.39 is 49.3 Å². The number of carbonyl (C=O) groups excluding carboxylic acids is 3. The maximum Gasteiger partial charge on any atom is 0.269 e. The van der Waals surface area contributed by atoms with Gasteiger partial charge in [0.2, 0.25) is 5.91 Å². The highest BCUT2D eigenvalue weighted by Crippen LogP contribution is 2.24. The SMILES string of the molecule is CC(C)(C=O)S(=O)(=O)C1NC(=O)C1NC(=O)COc1ccc([N+](=O)[O-])cc1. The van der Waals surface area contributed by atoms with Gasteiger partial charge in [0.05, 0.1) is 4.92 Å². The van der Waals surface area contributed by atoms with E-state index in [1.54, 1.807) is 0 Å². The fraction of sp³-hybridized carbons (Fsp3) is 0.400. The molecule has 1 fully saturated rings. The molecular weight excluding hydrogens is 382 g/mol. The Labute approximate surface area is 154 Å². The van der Waals surface area contributed by atoms with Gasteiger partial charge in [-0.25, -0.2) is 8.42 Å². The number of hydrogen-bond donors (Lipinski definition) is 2. The first kappa shape index (κ1) is 20.3. The molecule has 0 aliphatic carbocycles. The Morgan fingerprint density at radius 2 is 1.96 bits per heavy atom. The molecule has 1 aliphatic rings. The highest BCUT2D eigenvalue weighted by molar-refractivity contribution is 7.94. The summed E-state index contributed by atoms with van der Waals surface area (Å²) >= 11 is 0. The molecule has 1 aromatic rings. The minimum Gasteiger partial charge on any atom is -0.484 e. The first-order chi connectivity index (χ1) is 12.5. The Morgan fingerprint density at radius 3 is 2.44 bits per heavy atom. The van der Waals surface area contributed by atoms with E-state index in [-0.39, 0.29) is 17.7 Å². The predicted molar refractivity (Wildman–Crippen MR) is 91.5 cm³/mol. The van der Waals surface area contributed by atoms with Crippen LogP contribution in [-0.2, 0) is 24.2 Å². The van der Waals surface area contributed by atoms with Gasteiger partial charge in [-0.1, -0.05) is 0 Å². The molecule has 12 heteroatoms. The van der Waals surface area contributed by atoms with E-state index in [9.17, 15) is 32.9 Å². The predicted octanol–water partition coefficient (Wildman–Crippen LogP) is -0.693. The van der Waals surface area contributed by atoms with Crippen LogP contribution in [0.5, 0.6) is 5.75 Å². The monoisotopic (exact) mass is 399 g/mol. The molecule has 1 aromatic carbocycles. The third-order valence-corrected chi connectivity index (χ3v) is 6.58. The highest BCUT2D eigenvalue weighted by Gasteiger charge is 2.53. The zero-order chi connectivity index (χ0) is 20.4. The summed E-state index contributed by atoms with van der Waals surface area (Å²) in [6, 6.07) is 3.62. The summed E-state index contributed by atoms with van der Waals surface area (Å²) in [5.41, 5.74) is -0.149. The Hall–Kier alpha value is -3.02. The number of rotatable bonds is 8. The van der Waals surface area contributed by atoms with E-state index in [1.165, 1.54) is 38.1 Å². The number of β-lactam (4-membered cyclic amide) rings is 1. The van der Waals surface area contributed by atoms with Crippen LogP contribution in [0.4, 0.5) is 5.69 Å². The number of ether oxygens (including phenoxy) is 1. The summed E-state index contributed by atoms with van der Waals surface area (Å²) in [6.07, 6.45) is 0.253. The third kappa shape index (κ3) is 4.05. The van der Waals surface area contributed by atoms with Gasteiger partial charge >= 0.3 is 0 Å². The molecule has 11 nitrogen and oxygen atoms in total. The van der Waals surface area contributed by atoms with Gasteiger partial charge in [0, 0.05) is 12.1 Å². The molecule has 2 atom stereocenters. The summed E-state index contributed by atoms with van der Waals surface area (Å²) in [4.78, 5) is 44.6. The van der Waals surface area contributed by atoms with Crippen molar-refractivity contribution in [3.05, 3.63) is 34.4 Å². The van der Waals surface area contributed by atoms with Gasteiger partial charge < -0.3 is 20.2 Å². The van der Waals surface area contributed by atoms with E-state index in [0.29, 0.717) is 0 Å². The number of aldehydes is 1. The Morgan fingerprint density at radius 1 is 1.37 bits per heavy atom. The topological polar surface area (TPSA) is 162 Å². The van der Waals surface area contributed by atoms with E-state index in [4.69, 9.17) is 4.74 Å². The van der Waals surface area contributed by atoms with Gasteiger partial charge in [0.15, 0.2) is 21.8 Å². The summed E-state index contributed by atoms with van der Waals surface area (Å²) in [5, 5.41) is 13.5. The molecule has 0 aromatic heterocycles. The molecule has 2 amide bonds. The van der Waals surface area contributed by atoms with Crippen molar-refractivity contribution in [2.24, 2.45) is 0 Å². The Bertz CT molecular complexity index is 879. The number of nitrogens with zero attached hydrogens (tertiary/aromatic N) is 1. The van der Waals surface area contributed by atoms with Gasteiger partial charge in [-0.2, -0.15) is 0 Å². The van der Waals surface area contributed by atoms with Crippen LogP contribution >= 0.6 is 0 Å². The number of carbonyl (C=O) groups is 3. The number of nitro groups is 1. The highest BCUT2D eigenvalue weighted by atomic mass is 32.2. The zero-order valence-electron chi connectivity index (χ0n) is 14.4. The van der Waals surface area contributed by atoms with Gasteiger partial charge in [-0.3, -0.25) is 19.7 Å². The molecule has 1 saturated heterocycles. The molecular formula is C15H17N3O8S. The van der Waals surface area contributed by atoms with Crippen LogP contribution in [-0.4, -0.2) is 54.2 Å². The quantitative estimate of drug-likeness (QED) is 0.251. The Balaban J connectivity index is 1.97. The van der Waals surface area contributed by atoms with E-state index in [2.05, 4.69) is 10.6 Å². The lowest BCUT2D eigenvalue weighted by molar-refractivity contribution is -0.384. The maximum atomic E-state index is 12.4. The molecule has 146 valence electrons. The summed E-state index contributed by atoms with van der Waals surface area (Å²) in [6.45, 7) is 1.85. The number of nitrogens with one attached hydrogen (secondary N) is 2.